The van der Waals surface area contributed by atoms with Crippen LogP contribution in [0.4, 0.5) is 0 Å². The van der Waals surface area contributed by atoms with Crippen molar-refractivity contribution in [1.29, 1.82) is 0 Å². The molecule has 21 heavy (non-hydrogen) atoms. The molecule has 0 fully saturated rings. The maximum atomic E-state index is 2.32. The molecule has 0 saturated heterocycles. The van der Waals surface area contributed by atoms with Crippen LogP contribution in [-0.4, -0.2) is 0 Å². The van der Waals surface area contributed by atoms with E-state index in [4.69, 9.17) is 0 Å². The molecule has 0 aliphatic rings. The van der Waals surface area contributed by atoms with Crippen LogP contribution in [0, 0.1) is 5.92 Å². The lowest BCUT2D eigenvalue weighted by molar-refractivity contribution is 0.522. The summed E-state index contributed by atoms with van der Waals surface area (Å²) >= 11 is 0. The van der Waals surface area contributed by atoms with Crippen LogP contribution in [0.2, 0.25) is 0 Å². The number of hydrogen-bond donors (Lipinski definition) is 0. The van der Waals surface area contributed by atoms with Gasteiger partial charge in [0.05, 0.1) is 0 Å². The fraction of sp³-hybridized carbons (Fsp3) is 0.952. The van der Waals surface area contributed by atoms with E-state index in [2.05, 4.69) is 20.8 Å². The van der Waals surface area contributed by atoms with Gasteiger partial charge in [-0.2, -0.15) is 0 Å². The zero-order chi connectivity index (χ0) is 15.6. The van der Waals surface area contributed by atoms with Crippen molar-refractivity contribution in [2.24, 2.45) is 0 Å². The minimum Gasteiger partial charge on any atom is -0.0654 e. The van der Waals surface area contributed by atoms with Gasteiger partial charge < -0.3 is 0 Å². The summed E-state index contributed by atoms with van der Waals surface area (Å²) in [6.07, 6.45) is 24.3. The van der Waals surface area contributed by atoms with Gasteiger partial charge in [0.25, 0.3) is 0 Å². The Kier molecular flexibility index (Phi) is 18.1. The van der Waals surface area contributed by atoms with Crippen molar-refractivity contribution in [3.8, 4) is 0 Å². The first-order valence-electron chi connectivity index (χ1n) is 10.2. The molecule has 0 saturated carbocycles. The van der Waals surface area contributed by atoms with Crippen LogP contribution in [0.15, 0.2) is 0 Å². The molecule has 0 N–H and O–H groups in total. The Balaban J connectivity index is 3.64. The maximum absolute atomic E-state index is 2.32. The Morgan fingerprint density at radius 3 is 1.10 bits per heavy atom. The van der Waals surface area contributed by atoms with Crippen molar-refractivity contribution >= 4 is 0 Å². The van der Waals surface area contributed by atoms with Crippen molar-refractivity contribution in [3.05, 3.63) is 5.92 Å². The highest BCUT2D eigenvalue weighted by Gasteiger charge is 2.08. The standard InChI is InChI=1S/C21H43/c1-4-7-10-12-14-17-20-21(18-15-9-6-3)19-16-13-11-8-5-2/h4-20H2,1-3H3. The monoisotopic (exact) mass is 295 g/mol. The van der Waals surface area contributed by atoms with E-state index < -0.39 is 0 Å². The van der Waals surface area contributed by atoms with E-state index in [1.807, 2.05) is 5.92 Å². The molecule has 0 heteroatoms. The Bertz CT molecular complexity index is 173. The number of hydrogen-bond acceptors (Lipinski definition) is 0. The van der Waals surface area contributed by atoms with Crippen molar-refractivity contribution < 1.29 is 0 Å². The molecule has 0 heterocycles. The smallest absolute Gasteiger partial charge is 0.0241 e. The van der Waals surface area contributed by atoms with Gasteiger partial charge in [0.15, 0.2) is 0 Å². The minimum atomic E-state index is 1.36. The topological polar surface area (TPSA) is 0 Å². The molecule has 0 aliphatic carbocycles. The van der Waals surface area contributed by atoms with Gasteiger partial charge in [-0.1, -0.05) is 111 Å². The highest BCUT2D eigenvalue weighted by molar-refractivity contribution is 4.89. The first-order valence-corrected chi connectivity index (χ1v) is 10.2. The quantitative estimate of drug-likeness (QED) is 0.237. The molecular formula is C21H43. The Morgan fingerprint density at radius 2 is 0.667 bits per heavy atom. The molecule has 127 valence electrons. The van der Waals surface area contributed by atoms with E-state index in [9.17, 15) is 0 Å². The van der Waals surface area contributed by atoms with Gasteiger partial charge >= 0.3 is 0 Å². The summed E-state index contributed by atoms with van der Waals surface area (Å²) in [5, 5.41) is 0. The van der Waals surface area contributed by atoms with E-state index in [0.717, 1.165) is 0 Å². The summed E-state index contributed by atoms with van der Waals surface area (Å²) in [6, 6.07) is 0. The van der Waals surface area contributed by atoms with E-state index in [1.54, 1.807) is 0 Å². The van der Waals surface area contributed by atoms with Gasteiger partial charge in [-0.3, -0.25) is 0 Å². The fourth-order valence-electron chi connectivity index (χ4n) is 3.13. The third-order valence-electron chi connectivity index (χ3n) is 4.65. The summed E-state index contributed by atoms with van der Waals surface area (Å²) < 4.78 is 0. The maximum Gasteiger partial charge on any atom is -0.0241 e. The average Bonchev–Trinajstić information content (AvgIpc) is 2.50. The van der Waals surface area contributed by atoms with Gasteiger partial charge in [0, 0.05) is 0 Å². The first kappa shape index (κ1) is 21.0. The van der Waals surface area contributed by atoms with Crippen LogP contribution < -0.4 is 0 Å². The normalized spacial score (nSPS) is 11.4. The summed E-state index contributed by atoms with van der Waals surface area (Å²) in [6.45, 7) is 6.93. The van der Waals surface area contributed by atoms with Gasteiger partial charge in [-0.15, -0.1) is 0 Å². The average molecular weight is 296 g/mol. The molecule has 0 nitrogen and oxygen atoms in total. The fourth-order valence-corrected chi connectivity index (χ4v) is 3.13. The Morgan fingerprint density at radius 1 is 0.381 bits per heavy atom. The van der Waals surface area contributed by atoms with E-state index in [1.165, 1.54) is 109 Å². The molecule has 0 aromatic rings. The molecule has 0 amide bonds. The summed E-state index contributed by atoms with van der Waals surface area (Å²) in [4.78, 5) is 0. The zero-order valence-electron chi connectivity index (χ0n) is 15.5. The van der Waals surface area contributed by atoms with Crippen LogP contribution in [-0.2, 0) is 0 Å². The molecule has 0 atom stereocenters. The predicted octanol–water partition coefficient (Wildman–Crippen LogP) is 8.25. The molecule has 1 radical (unpaired) electrons. The third-order valence-corrected chi connectivity index (χ3v) is 4.65. The molecule has 0 spiro atoms. The van der Waals surface area contributed by atoms with Crippen molar-refractivity contribution in [1.82, 2.24) is 0 Å². The lowest BCUT2D eigenvalue weighted by atomic mass is 9.89. The highest BCUT2D eigenvalue weighted by atomic mass is 14.1. The second-order valence-corrected chi connectivity index (χ2v) is 6.89. The predicted molar refractivity (Wildman–Crippen MR) is 98.8 cm³/mol. The second kappa shape index (κ2) is 18.1. The van der Waals surface area contributed by atoms with Crippen LogP contribution in [0.25, 0.3) is 0 Å². The molecular weight excluding hydrogens is 252 g/mol. The number of unbranched alkanes of at least 4 members (excludes halogenated alkanes) is 11. The van der Waals surface area contributed by atoms with Crippen LogP contribution in [0.1, 0.15) is 130 Å². The first-order chi connectivity index (χ1) is 10.3. The molecule has 0 bridgehead atoms. The molecule has 0 aliphatic heterocycles. The van der Waals surface area contributed by atoms with E-state index in [-0.39, 0.29) is 0 Å². The van der Waals surface area contributed by atoms with Gasteiger partial charge in [0.2, 0.25) is 0 Å². The van der Waals surface area contributed by atoms with Gasteiger partial charge in [-0.05, 0) is 25.2 Å². The second-order valence-electron chi connectivity index (χ2n) is 6.89. The zero-order valence-corrected chi connectivity index (χ0v) is 15.5. The summed E-state index contributed by atoms with van der Waals surface area (Å²) in [5.74, 6) is 1.90. The van der Waals surface area contributed by atoms with Crippen LogP contribution in [0.5, 0.6) is 0 Å². The summed E-state index contributed by atoms with van der Waals surface area (Å²) in [5.41, 5.74) is 0. The molecule has 0 unspecified atom stereocenters. The SMILES string of the molecule is CCCCCCCC[C](CCCCC)CCCCCCC. The Hall–Kier alpha value is 0. The van der Waals surface area contributed by atoms with Crippen molar-refractivity contribution in [2.75, 3.05) is 0 Å². The van der Waals surface area contributed by atoms with E-state index in [0.29, 0.717) is 0 Å². The van der Waals surface area contributed by atoms with Gasteiger partial charge in [-0.25, -0.2) is 0 Å². The van der Waals surface area contributed by atoms with Crippen LogP contribution in [0.3, 0.4) is 0 Å². The van der Waals surface area contributed by atoms with E-state index >= 15 is 0 Å². The highest BCUT2D eigenvalue weighted by Crippen LogP contribution is 2.26. The lowest BCUT2D eigenvalue weighted by Crippen LogP contribution is -1.99. The van der Waals surface area contributed by atoms with Crippen LogP contribution >= 0.6 is 0 Å². The Labute approximate surface area is 136 Å². The van der Waals surface area contributed by atoms with Crippen molar-refractivity contribution in [2.45, 2.75) is 130 Å². The molecule has 0 aromatic heterocycles. The molecule has 0 rings (SSSR count). The largest absolute Gasteiger partial charge is 0.0654 e. The summed E-state index contributed by atoms with van der Waals surface area (Å²) in [7, 11) is 0. The lowest BCUT2D eigenvalue weighted by Gasteiger charge is -2.16. The minimum absolute atomic E-state index is 1.36. The van der Waals surface area contributed by atoms with Gasteiger partial charge in [0.1, 0.15) is 0 Å². The third kappa shape index (κ3) is 16.2. The molecule has 0 aromatic carbocycles. The van der Waals surface area contributed by atoms with Crippen molar-refractivity contribution in [3.63, 3.8) is 0 Å². The number of rotatable bonds is 17.